The highest BCUT2D eigenvalue weighted by Crippen LogP contribution is 2.29. The molecule has 0 radical (unpaired) electrons. The molecular formula is C16H16Cl2N2O. The lowest BCUT2D eigenvalue weighted by molar-refractivity contribution is 0.102. The molecule has 2 rings (SSSR count). The van der Waals surface area contributed by atoms with Gasteiger partial charge in [0.1, 0.15) is 0 Å². The van der Waals surface area contributed by atoms with Crippen LogP contribution < -0.4 is 11.1 Å². The second-order valence-corrected chi connectivity index (χ2v) is 5.53. The first kappa shape index (κ1) is 15.7. The maximum absolute atomic E-state index is 12.3. The molecule has 0 aromatic heterocycles. The van der Waals surface area contributed by atoms with E-state index in [0.29, 0.717) is 5.56 Å². The summed E-state index contributed by atoms with van der Waals surface area (Å²) in [6, 6.07) is 10.8. The summed E-state index contributed by atoms with van der Waals surface area (Å²) in [5.41, 5.74) is 8.23. The quantitative estimate of drug-likeness (QED) is 0.796. The summed E-state index contributed by atoms with van der Waals surface area (Å²) >= 11 is 11.9. The topological polar surface area (TPSA) is 55.1 Å². The number of carbonyl (C=O) groups is 1. The molecule has 5 heteroatoms. The average molecular weight is 323 g/mol. The van der Waals surface area contributed by atoms with Crippen LogP contribution >= 0.6 is 23.2 Å². The van der Waals surface area contributed by atoms with Crippen LogP contribution in [0.1, 0.15) is 29.3 Å². The Morgan fingerprint density at radius 3 is 2.43 bits per heavy atom. The van der Waals surface area contributed by atoms with Gasteiger partial charge in [-0.05, 0) is 30.2 Å². The Balaban J connectivity index is 2.26. The number of hydrogen-bond acceptors (Lipinski definition) is 2. The number of rotatable bonds is 4. The van der Waals surface area contributed by atoms with Crippen molar-refractivity contribution < 1.29 is 4.79 Å². The monoisotopic (exact) mass is 322 g/mol. The van der Waals surface area contributed by atoms with Gasteiger partial charge in [-0.1, -0.05) is 54.7 Å². The molecular weight excluding hydrogens is 307 g/mol. The Morgan fingerprint density at radius 1 is 1.19 bits per heavy atom. The minimum atomic E-state index is -0.262. The van der Waals surface area contributed by atoms with Gasteiger partial charge in [0.05, 0.1) is 15.7 Å². The number of aryl methyl sites for hydroxylation is 1. The number of nitrogen functional groups attached to an aromatic ring is 1. The molecule has 2 aromatic carbocycles. The molecule has 0 saturated carbocycles. The maximum Gasteiger partial charge on any atom is 0.255 e. The molecule has 3 N–H and O–H groups in total. The largest absolute Gasteiger partial charge is 0.396 e. The molecule has 0 aliphatic carbocycles. The average Bonchev–Trinajstić information content (AvgIpc) is 2.46. The fourth-order valence-electron chi connectivity index (χ4n) is 2.04. The zero-order valence-electron chi connectivity index (χ0n) is 11.6. The number of nitrogens with two attached hydrogens (primary N) is 1. The van der Waals surface area contributed by atoms with Gasteiger partial charge in [0.25, 0.3) is 5.91 Å². The number of nitrogens with one attached hydrogen (secondary N) is 1. The first-order valence-corrected chi connectivity index (χ1v) is 7.42. The second kappa shape index (κ2) is 6.83. The lowest BCUT2D eigenvalue weighted by Gasteiger charge is -2.11. The highest BCUT2D eigenvalue weighted by Gasteiger charge is 2.12. The van der Waals surface area contributed by atoms with Gasteiger partial charge in [0, 0.05) is 11.3 Å². The van der Waals surface area contributed by atoms with Crippen molar-refractivity contribution in [1.29, 1.82) is 0 Å². The fraction of sp³-hybridized carbons (Fsp3) is 0.188. The van der Waals surface area contributed by atoms with Gasteiger partial charge in [-0.3, -0.25) is 4.79 Å². The fourth-order valence-corrected chi connectivity index (χ4v) is 2.53. The van der Waals surface area contributed by atoms with Crippen LogP contribution in [-0.2, 0) is 6.42 Å². The molecule has 2 aromatic rings. The van der Waals surface area contributed by atoms with E-state index in [9.17, 15) is 4.79 Å². The lowest BCUT2D eigenvalue weighted by atomic mass is 10.1. The van der Waals surface area contributed by atoms with Gasteiger partial charge in [-0.2, -0.15) is 0 Å². The van der Waals surface area contributed by atoms with Crippen LogP contribution in [0.15, 0.2) is 36.4 Å². The van der Waals surface area contributed by atoms with Crippen molar-refractivity contribution >= 4 is 40.5 Å². The van der Waals surface area contributed by atoms with Crippen molar-refractivity contribution in [1.82, 2.24) is 0 Å². The smallest absolute Gasteiger partial charge is 0.255 e. The molecule has 21 heavy (non-hydrogen) atoms. The van der Waals surface area contributed by atoms with Crippen LogP contribution in [0, 0.1) is 0 Å². The number of hydrogen-bond donors (Lipinski definition) is 2. The van der Waals surface area contributed by atoms with Gasteiger partial charge in [0.2, 0.25) is 0 Å². The molecule has 1 amide bonds. The van der Waals surface area contributed by atoms with E-state index in [1.165, 1.54) is 12.1 Å². The van der Waals surface area contributed by atoms with Crippen LogP contribution in [-0.4, -0.2) is 5.91 Å². The molecule has 0 spiro atoms. The first-order valence-electron chi connectivity index (χ1n) is 6.66. The number of amides is 1. The van der Waals surface area contributed by atoms with E-state index in [1.807, 2.05) is 24.3 Å². The first-order chi connectivity index (χ1) is 10.0. The zero-order valence-corrected chi connectivity index (χ0v) is 13.1. The number of halogens is 2. The molecule has 0 heterocycles. The highest BCUT2D eigenvalue weighted by molar-refractivity contribution is 6.39. The van der Waals surface area contributed by atoms with Gasteiger partial charge in [-0.25, -0.2) is 0 Å². The molecule has 0 fully saturated rings. The summed E-state index contributed by atoms with van der Waals surface area (Å²) in [6.45, 7) is 2.10. The van der Waals surface area contributed by atoms with E-state index >= 15 is 0 Å². The van der Waals surface area contributed by atoms with Crippen LogP contribution in [0.5, 0.6) is 0 Å². The van der Waals surface area contributed by atoms with E-state index < -0.39 is 0 Å². The summed E-state index contributed by atoms with van der Waals surface area (Å²) in [7, 11) is 0. The predicted octanol–water partition coefficient (Wildman–Crippen LogP) is 4.78. The van der Waals surface area contributed by atoms with Gasteiger partial charge >= 0.3 is 0 Å². The Kier molecular flexibility index (Phi) is 5.10. The van der Waals surface area contributed by atoms with Crippen molar-refractivity contribution in [3.8, 4) is 0 Å². The third-order valence-electron chi connectivity index (χ3n) is 3.13. The third kappa shape index (κ3) is 3.69. The molecule has 0 aliphatic rings. The standard InChI is InChI=1S/C16H16Cl2N2O/c1-2-5-10-6-3-4-7-14(10)20-16(21)11-8-12(17)15(19)13(18)9-11/h3-4,6-9H,2,5,19H2,1H3,(H,20,21). The van der Waals surface area contributed by atoms with E-state index in [-0.39, 0.29) is 21.6 Å². The number of anilines is 2. The summed E-state index contributed by atoms with van der Waals surface area (Å²) in [4.78, 5) is 12.3. The molecule has 0 aliphatic heterocycles. The van der Waals surface area contributed by atoms with E-state index in [0.717, 1.165) is 24.1 Å². The molecule has 0 saturated heterocycles. The number of carbonyl (C=O) groups excluding carboxylic acids is 1. The third-order valence-corrected chi connectivity index (χ3v) is 3.75. The summed E-state index contributed by atoms with van der Waals surface area (Å²) < 4.78 is 0. The lowest BCUT2D eigenvalue weighted by Crippen LogP contribution is -2.13. The summed E-state index contributed by atoms with van der Waals surface area (Å²) in [5.74, 6) is -0.262. The predicted molar refractivity (Wildman–Crippen MR) is 89.3 cm³/mol. The minimum Gasteiger partial charge on any atom is -0.396 e. The van der Waals surface area contributed by atoms with Gasteiger partial charge in [0.15, 0.2) is 0 Å². The Labute approximate surface area is 134 Å². The Morgan fingerprint density at radius 2 is 1.81 bits per heavy atom. The molecule has 110 valence electrons. The van der Waals surface area contributed by atoms with Crippen molar-refractivity contribution in [3.63, 3.8) is 0 Å². The molecule has 0 atom stereocenters. The van der Waals surface area contributed by atoms with Crippen LogP contribution in [0.2, 0.25) is 10.0 Å². The van der Waals surface area contributed by atoms with Crippen LogP contribution in [0.3, 0.4) is 0 Å². The zero-order chi connectivity index (χ0) is 15.4. The Hall–Kier alpha value is -1.71. The van der Waals surface area contributed by atoms with Gasteiger partial charge in [-0.15, -0.1) is 0 Å². The number of para-hydroxylation sites is 1. The molecule has 3 nitrogen and oxygen atoms in total. The van der Waals surface area contributed by atoms with E-state index in [4.69, 9.17) is 28.9 Å². The van der Waals surface area contributed by atoms with Crippen molar-refractivity contribution in [3.05, 3.63) is 57.6 Å². The van der Waals surface area contributed by atoms with Crippen molar-refractivity contribution in [2.75, 3.05) is 11.1 Å². The summed E-state index contributed by atoms with van der Waals surface area (Å²) in [6.07, 6.45) is 1.91. The van der Waals surface area contributed by atoms with Gasteiger partial charge < -0.3 is 11.1 Å². The second-order valence-electron chi connectivity index (χ2n) is 4.71. The minimum absolute atomic E-state index is 0.262. The van der Waals surface area contributed by atoms with E-state index in [1.54, 1.807) is 0 Å². The molecule has 0 unspecified atom stereocenters. The van der Waals surface area contributed by atoms with Crippen molar-refractivity contribution in [2.45, 2.75) is 19.8 Å². The normalized spacial score (nSPS) is 10.4. The molecule has 0 bridgehead atoms. The maximum atomic E-state index is 12.3. The highest BCUT2D eigenvalue weighted by atomic mass is 35.5. The van der Waals surface area contributed by atoms with Crippen LogP contribution in [0.25, 0.3) is 0 Å². The van der Waals surface area contributed by atoms with Crippen LogP contribution in [0.4, 0.5) is 11.4 Å². The van der Waals surface area contributed by atoms with Crippen molar-refractivity contribution in [2.24, 2.45) is 0 Å². The van der Waals surface area contributed by atoms with E-state index in [2.05, 4.69) is 12.2 Å². The Bertz CT molecular complexity index is 648. The number of benzene rings is 2. The SMILES string of the molecule is CCCc1ccccc1NC(=O)c1cc(Cl)c(N)c(Cl)c1. The summed E-state index contributed by atoms with van der Waals surface area (Å²) in [5, 5.41) is 3.43.